The van der Waals surface area contributed by atoms with Crippen molar-refractivity contribution >= 4 is 27.5 Å². The normalized spacial score (nSPS) is 21.1. The van der Waals surface area contributed by atoms with Gasteiger partial charge in [-0.3, -0.25) is 9.59 Å². The SMILES string of the molecule is C=CCOc1c(Br)cc(C2C3=C(CC(C)(C)CC3=O)N(CCC)C3=C2C(=O)CC(C)(C)C3)cc1OCC. The van der Waals surface area contributed by atoms with Gasteiger partial charge in [0, 0.05) is 47.8 Å². The van der Waals surface area contributed by atoms with Crippen LogP contribution in [0, 0.1) is 10.8 Å². The first kappa shape index (κ1) is 27.7. The van der Waals surface area contributed by atoms with Gasteiger partial charge in [-0.05, 0) is 70.6 Å². The van der Waals surface area contributed by atoms with Crippen molar-refractivity contribution in [3.05, 3.63) is 57.4 Å². The summed E-state index contributed by atoms with van der Waals surface area (Å²) >= 11 is 3.69. The largest absolute Gasteiger partial charge is 0.490 e. The first-order valence-corrected chi connectivity index (χ1v) is 14.2. The Morgan fingerprint density at radius 2 is 1.54 bits per heavy atom. The third-order valence-electron chi connectivity index (χ3n) is 7.48. The summed E-state index contributed by atoms with van der Waals surface area (Å²) in [4.78, 5) is 30.1. The second-order valence-corrected chi connectivity index (χ2v) is 12.9. The number of allylic oxidation sites excluding steroid dienone is 4. The van der Waals surface area contributed by atoms with E-state index in [9.17, 15) is 9.59 Å². The molecule has 6 heteroatoms. The summed E-state index contributed by atoms with van der Waals surface area (Å²) in [5.74, 6) is 1.07. The van der Waals surface area contributed by atoms with Crippen LogP contribution in [0.4, 0.5) is 0 Å². The third-order valence-corrected chi connectivity index (χ3v) is 8.07. The minimum atomic E-state index is -0.408. The Balaban J connectivity index is 1.99. The Morgan fingerprint density at radius 1 is 0.973 bits per heavy atom. The lowest BCUT2D eigenvalue weighted by atomic mass is 9.63. The highest BCUT2D eigenvalue weighted by Crippen LogP contribution is 2.55. The van der Waals surface area contributed by atoms with Gasteiger partial charge in [-0.2, -0.15) is 0 Å². The van der Waals surface area contributed by atoms with E-state index in [1.165, 1.54) is 0 Å². The standard InChI is InChI=1S/C31H40BrNO4/c1-8-11-33-21-15-30(4,5)17-23(34)27(21)26(28-22(33)16-31(6,7)18-24(28)35)19-13-20(32)29(37-12-9-2)25(14-19)36-10-3/h9,13-14,26H,2,8,10-12,15-18H2,1,3-7H3. The molecule has 2 aliphatic carbocycles. The van der Waals surface area contributed by atoms with Gasteiger partial charge in [0.15, 0.2) is 23.1 Å². The molecular formula is C31H40BrNO4. The van der Waals surface area contributed by atoms with Crippen LogP contribution < -0.4 is 9.47 Å². The van der Waals surface area contributed by atoms with E-state index in [1.807, 2.05) is 19.1 Å². The molecular weight excluding hydrogens is 530 g/mol. The molecule has 0 aromatic heterocycles. The number of rotatable bonds is 8. The second-order valence-electron chi connectivity index (χ2n) is 12.0. The summed E-state index contributed by atoms with van der Waals surface area (Å²) in [6.45, 7) is 18.1. The van der Waals surface area contributed by atoms with Gasteiger partial charge in [0.2, 0.25) is 0 Å². The summed E-state index contributed by atoms with van der Waals surface area (Å²) in [5.41, 5.74) is 4.40. The highest BCUT2D eigenvalue weighted by molar-refractivity contribution is 9.10. The predicted octanol–water partition coefficient (Wildman–Crippen LogP) is 7.51. The molecule has 0 saturated heterocycles. The molecule has 1 aliphatic heterocycles. The Kier molecular flexibility index (Phi) is 7.81. The molecule has 5 nitrogen and oxygen atoms in total. The molecule has 0 amide bonds. The molecule has 4 rings (SSSR count). The molecule has 3 aliphatic rings. The number of hydrogen-bond donors (Lipinski definition) is 0. The number of benzene rings is 1. The fraction of sp³-hybridized carbons (Fsp3) is 0.548. The zero-order valence-corrected chi connectivity index (χ0v) is 24.7. The van der Waals surface area contributed by atoms with E-state index in [0.717, 1.165) is 58.4 Å². The van der Waals surface area contributed by atoms with Gasteiger partial charge in [-0.25, -0.2) is 0 Å². The van der Waals surface area contributed by atoms with E-state index in [1.54, 1.807) is 6.08 Å². The van der Waals surface area contributed by atoms with Gasteiger partial charge in [-0.1, -0.05) is 47.3 Å². The average molecular weight is 571 g/mol. The highest BCUT2D eigenvalue weighted by atomic mass is 79.9. The molecule has 0 unspecified atom stereocenters. The minimum Gasteiger partial charge on any atom is -0.490 e. The van der Waals surface area contributed by atoms with Crippen molar-refractivity contribution in [1.82, 2.24) is 4.90 Å². The van der Waals surface area contributed by atoms with Crippen molar-refractivity contribution in [2.45, 2.75) is 79.6 Å². The van der Waals surface area contributed by atoms with E-state index >= 15 is 0 Å². The van der Waals surface area contributed by atoms with Crippen molar-refractivity contribution in [1.29, 1.82) is 0 Å². The lowest BCUT2D eigenvalue weighted by Crippen LogP contribution is -2.44. The average Bonchev–Trinajstić information content (AvgIpc) is 2.78. The Morgan fingerprint density at radius 3 is 2.03 bits per heavy atom. The highest BCUT2D eigenvalue weighted by Gasteiger charge is 2.49. The zero-order valence-electron chi connectivity index (χ0n) is 23.1. The summed E-state index contributed by atoms with van der Waals surface area (Å²) in [6, 6.07) is 3.96. The Bertz CT molecular complexity index is 1140. The van der Waals surface area contributed by atoms with Crippen molar-refractivity contribution < 1.29 is 19.1 Å². The fourth-order valence-corrected chi connectivity index (χ4v) is 6.75. The lowest BCUT2D eigenvalue weighted by Gasteiger charge is -2.49. The van der Waals surface area contributed by atoms with Crippen LogP contribution in [0.15, 0.2) is 51.8 Å². The van der Waals surface area contributed by atoms with Crippen LogP contribution in [-0.4, -0.2) is 36.2 Å². The third kappa shape index (κ3) is 5.32. The van der Waals surface area contributed by atoms with E-state index in [4.69, 9.17) is 9.47 Å². The first-order chi connectivity index (χ1) is 17.4. The van der Waals surface area contributed by atoms with Crippen LogP contribution in [0.1, 0.15) is 85.1 Å². The molecule has 0 N–H and O–H groups in total. The number of carbonyl (C=O) groups excluding carboxylic acids is 2. The van der Waals surface area contributed by atoms with Crippen molar-refractivity contribution in [3.63, 3.8) is 0 Å². The monoisotopic (exact) mass is 569 g/mol. The molecule has 37 heavy (non-hydrogen) atoms. The summed E-state index contributed by atoms with van der Waals surface area (Å²) < 4.78 is 12.6. The van der Waals surface area contributed by atoms with E-state index in [0.29, 0.717) is 37.6 Å². The number of carbonyl (C=O) groups is 2. The summed E-state index contributed by atoms with van der Waals surface area (Å²) in [7, 11) is 0. The summed E-state index contributed by atoms with van der Waals surface area (Å²) in [5, 5.41) is 0. The summed E-state index contributed by atoms with van der Waals surface area (Å²) in [6.07, 6.45) is 5.22. The number of ketones is 2. The molecule has 200 valence electrons. The van der Waals surface area contributed by atoms with E-state index in [2.05, 4.69) is 62.0 Å². The van der Waals surface area contributed by atoms with Gasteiger partial charge in [0.05, 0.1) is 11.1 Å². The molecule has 0 fully saturated rings. The number of hydrogen-bond acceptors (Lipinski definition) is 5. The lowest BCUT2D eigenvalue weighted by molar-refractivity contribution is -0.119. The maximum atomic E-state index is 13.9. The van der Waals surface area contributed by atoms with Crippen LogP contribution in [-0.2, 0) is 9.59 Å². The van der Waals surface area contributed by atoms with Gasteiger partial charge >= 0.3 is 0 Å². The maximum absolute atomic E-state index is 13.9. The quantitative estimate of drug-likeness (QED) is 0.303. The van der Waals surface area contributed by atoms with Crippen LogP contribution in [0.3, 0.4) is 0 Å². The zero-order chi connectivity index (χ0) is 27.1. The molecule has 0 spiro atoms. The van der Waals surface area contributed by atoms with Crippen molar-refractivity contribution in [2.75, 3.05) is 19.8 Å². The van der Waals surface area contributed by atoms with Crippen molar-refractivity contribution in [2.24, 2.45) is 10.8 Å². The Labute approximate surface area is 230 Å². The van der Waals surface area contributed by atoms with E-state index in [-0.39, 0.29) is 22.4 Å². The van der Waals surface area contributed by atoms with Gasteiger partial charge in [-0.15, -0.1) is 0 Å². The van der Waals surface area contributed by atoms with Crippen LogP contribution in [0.5, 0.6) is 11.5 Å². The fourth-order valence-electron chi connectivity index (χ4n) is 6.17. The molecule has 1 heterocycles. The number of Topliss-reactive ketones (excluding diaryl/α,β-unsaturated/α-hetero) is 2. The number of nitrogens with zero attached hydrogens (tertiary/aromatic N) is 1. The second kappa shape index (κ2) is 10.4. The molecule has 0 saturated carbocycles. The molecule has 0 atom stereocenters. The topological polar surface area (TPSA) is 55.8 Å². The maximum Gasteiger partial charge on any atom is 0.175 e. The number of ether oxygens (including phenoxy) is 2. The smallest absolute Gasteiger partial charge is 0.175 e. The van der Waals surface area contributed by atoms with Crippen LogP contribution in [0.2, 0.25) is 0 Å². The predicted molar refractivity (Wildman–Crippen MR) is 151 cm³/mol. The molecule has 1 aromatic rings. The van der Waals surface area contributed by atoms with Gasteiger partial charge < -0.3 is 14.4 Å². The molecule has 0 bridgehead atoms. The van der Waals surface area contributed by atoms with Crippen molar-refractivity contribution in [3.8, 4) is 11.5 Å². The molecule has 1 aromatic carbocycles. The van der Waals surface area contributed by atoms with Gasteiger partial charge in [0.25, 0.3) is 0 Å². The number of halogens is 1. The van der Waals surface area contributed by atoms with E-state index < -0.39 is 5.92 Å². The van der Waals surface area contributed by atoms with Crippen LogP contribution >= 0.6 is 15.9 Å². The van der Waals surface area contributed by atoms with Gasteiger partial charge in [0.1, 0.15) is 6.61 Å². The first-order valence-electron chi connectivity index (χ1n) is 13.4. The Hall–Kier alpha value is -2.34. The molecule has 0 radical (unpaired) electrons. The van der Waals surface area contributed by atoms with Crippen LogP contribution in [0.25, 0.3) is 0 Å². The minimum absolute atomic E-state index is 0.127.